The maximum Gasteiger partial charge on any atom is 0.356 e. The third kappa shape index (κ3) is 3.44. The molecule has 1 aliphatic carbocycles. The Bertz CT molecular complexity index is 1420. The van der Waals surface area contributed by atoms with Crippen LogP contribution in [0.25, 0.3) is 11.3 Å². The number of nitrogens with one attached hydrogen (secondary N) is 3. The van der Waals surface area contributed by atoms with Gasteiger partial charge in [-0.25, -0.2) is 4.98 Å². The molecule has 1 fully saturated rings. The summed E-state index contributed by atoms with van der Waals surface area (Å²) < 4.78 is 54.3. The number of aromatic nitrogens is 3. The van der Waals surface area contributed by atoms with Gasteiger partial charge in [-0.15, -0.1) is 0 Å². The molecule has 0 bridgehead atoms. The predicted octanol–water partition coefficient (Wildman–Crippen LogP) is 3.43. The molecule has 2 amide bonds. The minimum Gasteiger partial charge on any atom is -0.355 e. The van der Waals surface area contributed by atoms with Gasteiger partial charge >= 0.3 is 6.05 Å². The molecule has 1 saturated carbocycles. The number of hydrogen-bond acceptors (Lipinski definition) is 6. The van der Waals surface area contributed by atoms with E-state index < -0.39 is 18.9 Å². The first-order chi connectivity index (χ1) is 17.4. The molecule has 3 aromatic rings. The van der Waals surface area contributed by atoms with Crippen LogP contribution in [0.15, 0.2) is 36.7 Å². The number of rotatable bonds is 5. The smallest absolute Gasteiger partial charge is 0.355 e. The summed E-state index contributed by atoms with van der Waals surface area (Å²) in [6, 6.07) is 2.88. The number of nitrogens with zero attached hydrogens (tertiary/aromatic N) is 4. The molecule has 34 heavy (non-hydrogen) atoms. The molecule has 3 N–H and O–H groups in total. The molecule has 176 valence electrons. The summed E-state index contributed by atoms with van der Waals surface area (Å²) in [6.45, 7) is -2.81. The van der Waals surface area contributed by atoms with Crippen LogP contribution in [-0.4, -0.2) is 40.6 Å². The van der Waals surface area contributed by atoms with Crippen molar-refractivity contribution in [1.82, 2.24) is 20.1 Å². The summed E-state index contributed by atoms with van der Waals surface area (Å²) in [4.78, 5) is 30.3. The van der Waals surface area contributed by atoms with Crippen LogP contribution in [0.5, 0.6) is 0 Å². The number of benzene rings is 1. The summed E-state index contributed by atoms with van der Waals surface area (Å²) >= 11 is 0. The van der Waals surface area contributed by atoms with Gasteiger partial charge in [0.25, 0.3) is 5.91 Å². The molecule has 9 nitrogen and oxygen atoms in total. The van der Waals surface area contributed by atoms with Crippen molar-refractivity contribution in [3.8, 4) is 11.3 Å². The SMILES string of the molecule is [2H]C([2H])([2H])NC(=O)c1c(Nc2cccc3c2N(C)C(F)(F)c2cn(C)nc2-3)ccnc1NC(=O)C1CC1. The van der Waals surface area contributed by atoms with Gasteiger partial charge in [0.15, 0.2) is 0 Å². The lowest BCUT2D eigenvalue weighted by molar-refractivity contribution is -0.117. The van der Waals surface area contributed by atoms with Crippen molar-refractivity contribution in [2.75, 3.05) is 29.6 Å². The second-order valence-corrected chi connectivity index (χ2v) is 8.29. The lowest BCUT2D eigenvalue weighted by Gasteiger charge is -2.36. The first-order valence-corrected chi connectivity index (χ1v) is 10.6. The topological polar surface area (TPSA) is 104 Å². The fourth-order valence-corrected chi connectivity index (χ4v) is 4.09. The fraction of sp³-hybridized carbons (Fsp3) is 0.304. The number of hydrogen-bond donors (Lipinski definition) is 3. The highest BCUT2D eigenvalue weighted by Gasteiger charge is 2.47. The molecular formula is C23H23F2N7O2. The van der Waals surface area contributed by atoms with E-state index in [1.54, 1.807) is 25.2 Å². The lowest BCUT2D eigenvalue weighted by Crippen LogP contribution is -2.39. The van der Waals surface area contributed by atoms with Crippen LogP contribution in [0.1, 0.15) is 32.9 Å². The number of anilines is 4. The van der Waals surface area contributed by atoms with Crippen LogP contribution in [0.3, 0.4) is 0 Å². The summed E-state index contributed by atoms with van der Waals surface area (Å²) in [5.74, 6) is -1.70. The van der Waals surface area contributed by atoms with E-state index >= 15 is 8.78 Å². The number of fused-ring (bicyclic) bond motifs is 3. The Morgan fingerprint density at radius 3 is 2.74 bits per heavy atom. The number of alkyl halides is 2. The van der Waals surface area contributed by atoms with E-state index in [1.807, 2.05) is 5.32 Å². The van der Waals surface area contributed by atoms with Gasteiger partial charge in [0.1, 0.15) is 17.1 Å². The molecule has 0 atom stereocenters. The van der Waals surface area contributed by atoms with Crippen molar-refractivity contribution < 1.29 is 22.5 Å². The quantitative estimate of drug-likeness (QED) is 0.494. The molecule has 0 unspecified atom stereocenters. The van der Waals surface area contributed by atoms with Crippen molar-refractivity contribution in [2.45, 2.75) is 18.9 Å². The lowest BCUT2D eigenvalue weighted by atomic mass is 9.97. The minimum absolute atomic E-state index is 0.0692. The first kappa shape index (κ1) is 18.4. The second-order valence-electron chi connectivity index (χ2n) is 8.29. The Hall–Kier alpha value is -4.02. The highest BCUT2D eigenvalue weighted by Crippen LogP contribution is 2.51. The largest absolute Gasteiger partial charge is 0.356 e. The average molecular weight is 470 g/mol. The maximum absolute atomic E-state index is 15.3. The average Bonchev–Trinajstić information content (AvgIpc) is 3.58. The van der Waals surface area contributed by atoms with Crippen LogP contribution in [0, 0.1) is 5.92 Å². The number of aryl methyl sites for hydroxylation is 1. The zero-order chi connectivity index (χ0) is 26.7. The minimum atomic E-state index is -3.38. The van der Waals surface area contributed by atoms with Crippen molar-refractivity contribution in [2.24, 2.45) is 13.0 Å². The van der Waals surface area contributed by atoms with E-state index in [1.165, 1.54) is 30.2 Å². The summed E-state index contributed by atoms with van der Waals surface area (Å²) in [5, 5.41) is 11.7. The monoisotopic (exact) mass is 470 g/mol. The number of amides is 2. The molecule has 1 aliphatic heterocycles. The molecule has 0 radical (unpaired) electrons. The molecule has 3 heterocycles. The van der Waals surface area contributed by atoms with Gasteiger partial charge in [0.2, 0.25) is 5.91 Å². The summed E-state index contributed by atoms with van der Waals surface area (Å²) in [6.07, 6.45) is 3.99. The first-order valence-electron chi connectivity index (χ1n) is 12.1. The van der Waals surface area contributed by atoms with Gasteiger partial charge in [0, 0.05) is 49.1 Å². The molecular weight excluding hydrogens is 444 g/mol. The van der Waals surface area contributed by atoms with Gasteiger partial charge in [-0.05, 0) is 25.0 Å². The number of halogens is 2. The number of pyridine rings is 1. The van der Waals surface area contributed by atoms with Crippen LogP contribution in [-0.2, 0) is 17.9 Å². The summed E-state index contributed by atoms with van der Waals surface area (Å²) in [7, 11) is 2.80. The molecule has 5 rings (SSSR count). The molecule has 2 aliphatic rings. The van der Waals surface area contributed by atoms with Gasteiger partial charge in [-0.2, -0.15) is 13.9 Å². The van der Waals surface area contributed by atoms with Crippen LogP contribution in [0.2, 0.25) is 0 Å². The second kappa shape index (κ2) is 7.79. The van der Waals surface area contributed by atoms with Crippen LogP contribution < -0.4 is 20.9 Å². The van der Waals surface area contributed by atoms with E-state index in [2.05, 4.69) is 20.7 Å². The molecule has 0 spiro atoms. The Labute approximate surface area is 198 Å². The third-order valence-corrected chi connectivity index (χ3v) is 5.95. The third-order valence-electron chi connectivity index (χ3n) is 5.95. The maximum atomic E-state index is 15.3. The zero-order valence-corrected chi connectivity index (χ0v) is 18.3. The van der Waals surface area contributed by atoms with Crippen molar-refractivity contribution in [3.05, 3.63) is 47.8 Å². The Morgan fingerprint density at radius 1 is 1.21 bits per heavy atom. The Kier molecular flexibility index (Phi) is 4.22. The standard InChI is InChI=1S/C23H23F2N7O2/c1-26-22(34)17-15(9-10-27-20(17)29-21(33)12-7-8-12)28-16-6-4-5-13-18-14(11-31(2)30-18)23(24,25)32(3)19(13)16/h4-6,9-12H,7-8H2,1-3H3,(H,26,34)(H2,27,28,29,33)/i1D3. The van der Waals surface area contributed by atoms with Gasteiger partial charge in [-0.3, -0.25) is 14.3 Å². The number of carbonyl (C=O) groups is 2. The van der Waals surface area contributed by atoms with Crippen molar-refractivity contribution in [3.63, 3.8) is 0 Å². The fourth-order valence-electron chi connectivity index (χ4n) is 4.09. The van der Waals surface area contributed by atoms with Gasteiger partial charge in [-0.1, -0.05) is 12.1 Å². The zero-order valence-electron chi connectivity index (χ0n) is 21.3. The highest BCUT2D eigenvalue weighted by molar-refractivity contribution is 6.08. The van der Waals surface area contributed by atoms with Gasteiger partial charge < -0.3 is 20.9 Å². The molecule has 1 aromatic carbocycles. The van der Waals surface area contributed by atoms with Gasteiger partial charge in [0.05, 0.1) is 22.6 Å². The number of para-hydroxylation sites is 1. The normalized spacial score (nSPS) is 17.5. The Balaban J connectivity index is 1.61. The van der Waals surface area contributed by atoms with E-state index in [9.17, 15) is 9.59 Å². The van der Waals surface area contributed by atoms with Crippen molar-refractivity contribution >= 4 is 34.7 Å². The van der Waals surface area contributed by atoms with E-state index in [0.717, 1.165) is 4.90 Å². The Morgan fingerprint density at radius 2 is 2.00 bits per heavy atom. The number of carbonyl (C=O) groups excluding carboxylic acids is 2. The molecule has 2 aromatic heterocycles. The van der Waals surface area contributed by atoms with Crippen molar-refractivity contribution in [1.29, 1.82) is 0 Å². The summed E-state index contributed by atoms with van der Waals surface area (Å²) in [5.41, 5.74) is 0.490. The molecule has 0 saturated heterocycles. The van der Waals surface area contributed by atoms with E-state index in [4.69, 9.17) is 4.11 Å². The van der Waals surface area contributed by atoms with Crippen LogP contribution in [0.4, 0.5) is 31.7 Å². The van der Waals surface area contributed by atoms with E-state index in [-0.39, 0.29) is 51.5 Å². The molecule has 11 heteroatoms. The van der Waals surface area contributed by atoms with E-state index in [0.29, 0.717) is 18.4 Å². The predicted molar refractivity (Wildman–Crippen MR) is 123 cm³/mol. The van der Waals surface area contributed by atoms with Crippen LogP contribution >= 0.6 is 0 Å². The highest BCUT2D eigenvalue weighted by atomic mass is 19.3.